The fraction of sp³-hybridized carbons (Fsp3) is 0.143. The van der Waals surface area contributed by atoms with Crippen molar-refractivity contribution in [3.05, 3.63) is 66.0 Å². The second kappa shape index (κ2) is 5.95. The number of benzene rings is 2. The largest absolute Gasteiger partial charge is 0.360 e. The molecule has 0 amide bonds. The summed E-state index contributed by atoms with van der Waals surface area (Å²) in [6, 6.07) is 14.5. The second-order valence-corrected chi connectivity index (χ2v) is 5.90. The Hall–Kier alpha value is -1.72. The summed E-state index contributed by atoms with van der Waals surface area (Å²) in [6.45, 7) is 0.175. The van der Waals surface area contributed by atoms with Gasteiger partial charge in [-0.05, 0) is 17.7 Å². The van der Waals surface area contributed by atoms with E-state index in [1.165, 1.54) is 18.2 Å². The van der Waals surface area contributed by atoms with Gasteiger partial charge in [-0.1, -0.05) is 42.5 Å². The van der Waals surface area contributed by atoms with Crippen molar-refractivity contribution in [3.8, 4) is 0 Å². The van der Waals surface area contributed by atoms with Crippen LogP contribution in [0.15, 0.2) is 59.5 Å². The Balaban J connectivity index is 2.01. The quantitative estimate of drug-likeness (QED) is 0.846. The van der Waals surface area contributed by atoms with Gasteiger partial charge in [-0.3, -0.25) is 0 Å². The third-order valence-corrected chi connectivity index (χ3v) is 4.00. The Kier molecular flexibility index (Phi) is 4.29. The maximum atomic E-state index is 13.4. The van der Waals surface area contributed by atoms with Gasteiger partial charge in [-0.25, -0.2) is 12.8 Å². The summed E-state index contributed by atoms with van der Waals surface area (Å²) in [5.41, 5.74) is 0.867. The number of halogens is 1. The summed E-state index contributed by atoms with van der Waals surface area (Å²) in [5.74, 6) is -1.30. The van der Waals surface area contributed by atoms with Gasteiger partial charge in [-0.2, -0.15) is 0 Å². The van der Waals surface area contributed by atoms with Crippen LogP contribution in [0.25, 0.3) is 0 Å². The topological polar surface area (TPSA) is 43.4 Å². The molecule has 0 aliphatic heterocycles. The highest BCUT2D eigenvalue weighted by Gasteiger charge is 2.18. The van der Waals surface area contributed by atoms with Gasteiger partial charge in [0.2, 0.25) is 9.84 Å². The fourth-order valence-corrected chi connectivity index (χ4v) is 2.68. The van der Waals surface area contributed by atoms with E-state index in [9.17, 15) is 12.8 Å². The molecule has 0 saturated carbocycles. The molecule has 0 radical (unpaired) electrons. The maximum absolute atomic E-state index is 13.4. The lowest BCUT2D eigenvalue weighted by atomic mass is 10.2. The minimum Gasteiger partial charge on any atom is -0.360 e. The van der Waals surface area contributed by atoms with Crippen LogP contribution in [0.3, 0.4) is 0 Å². The summed E-state index contributed by atoms with van der Waals surface area (Å²) in [4.78, 5) is -0.330. The Bertz CT molecular complexity index is 639. The molecule has 3 nitrogen and oxygen atoms in total. The van der Waals surface area contributed by atoms with Crippen LogP contribution < -0.4 is 0 Å². The first-order chi connectivity index (χ1) is 9.09. The lowest BCUT2D eigenvalue weighted by Gasteiger charge is -2.07. The van der Waals surface area contributed by atoms with E-state index < -0.39 is 21.6 Å². The third-order valence-electron chi connectivity index (χ3n) is 2.52. The predicted molar refractivity (Wildman–Crippen MR) is 69.7 cm³/mol. The van der Waals surface area contributed by atoms with Crippen molar-refractivity contribution in [1.29, 1.82) is 0 Å². The zero-order valence-corrected chi connectivity index (χ0v) is 10.9. The lowest BCUT2D eigenvalue weighted by Crippen LogP contribution is -2.11. The van der Waals surface area contributed by atoms with E-state index in [-0.39, 0.29) is 11.5 Å². The summed E-state index contributed by atoms with van der Waals surface area (Å²) in [5, 5.41) is 0. The summed E-state index contributed by atoms with van der Waals surface area (Å²) < 4.78 is 42.3. The van der Waals surface area contributed by atoms with Gasteiger partial charge >= 0.3 is 0 Å². The van der Waals surface area contributed by atoms with Crippen LogP contribution in [0, 0.1) is 5.82 Å². The molecular formula is C14H13FO3S. The second-order valence-electron chi connectivity index (χ2n) is 4.00. The van der Waals surface area contributed by atoms with Gasteiger partial charge in [0, 0.05) is 0 Å². The van der Waals surface area contributed by atoms with Gasteiger partial charge in [0.25, 0.3) is 0 Å². The van der Waals surface area contributed by atoms with Gasteiger partial charge in [-0.15, -0.1) is 0 Å². The molecule has 0 N–H and O–H groups in total. The van der Waals surface area contributed by atoms with Gasteiger partial charge in [0.15, 0.2) is 5.94 Å². The van der Waals surface area contributed by atoms with E-state index in [0.29, 0.717) is 0 Å². The van der Waals surface area contributed by atoms with Crippen LogP contribution in [-0.4, -0.2) is 14.4 Å². The standard InChI is InChI=1S/C14H13FO3S/c15-13-8-4-5-9-14(13)19(16,17)11-18-10-12-6-2-1-3-7-12/h1-9H,10-11H2. The van der Waals surface area contributed by atoms with Crippen molar-refractivity contribution in [2.75, 3.05) is 5.94 Å². The Morgan fingerprint density at radius 1 is 0.947 bits per heavy atom. The fourth-order valence-electron chi connectivity index (χ4n) is 1.60. The van der Waals surface area contributed by atoms with Crippen molar-refractivity contribution < 1.29 is 17.5 Å². The molecule has 0 spiro atoms. The molecule has 2 aromatic carbocycles. The number of hydrogen-bond acceptors (Lipinski definition) is 3. The predicted octanol–water partition coefficient (Wildman–Crippen LogP) is 2.77. The van der Waals surface area contributed by atoms with Crippen molar-refractivity contribution in [3.63, 3.8) is 0 Å². The zero-order chi connectivity index (χ0) is 13.7. The van der Waals surface area contributed by atoms with Crippen LogP contribution in [-0.2, 0) is 21.2 Å². The number of rotatable bonds is 5. The number of sulfone groups is 1. The zero-order valence-electron chi connectivity index (χ0n) is 10.1. The molecule has 0 unspecified atom stereocenters. The summed E-state index contributed by atoms with van der Waals surface area (Å²) in [6.07, 6.45) is 0. The van der Waals surface area contributed by atoms with Crippen molar-refractivity contribution >= 4 is 9.84 Å². The van der Waals surface area contributed by atoms with Crippen LogP contribution in [0.1, 0.15) is 5.56 Å². The molecule has 5 heteroatoms. The number of hydrogen-bond donors (Lipinski definition) is 0. The molecule has 0 fully saturated rings. The SMILES string of the molecule is O=S(=O)(COCc1ccccc1)c1ccccc1F. The average molecular weight is 280 g/mol. The highest BCUT2D eigenvalue weighted by Crippen LogP contribution is 2.15. The molecule has 0 atom stereocenters. The van der Waals surface area contributed by atoms with Crippen molar-refractivity contribution in [2.24, 2.45) is 0 Å². The molecular weight excluding hydrogens is 267 g/mol. The molecule has 0 saturated heterocycles. The molecule has 0 aliphatic rings. The Labute approximate surface area is 111 Å². The van der Waals surface area contributed by atoms with E-state index in [0.717, 1.165) is 11.6 Å². The number of ether oxygens (including phenoxy) is 1. The van der Waals surface area contributed by atoms with Crippen LogP contribution >= 0.6 is 0 Å². The Morgan fingerprint density at radius 3 is 2.26 bits per heavy atom. The molecule has 0 heterocycles. The van der Waals surface area contributed by atoms with E-state index in [1.807, 2.05) is 30.3 Å². The van der Waals surface area contributed by atoms with Crippen LogP contribution in [0.5, 0.6) is 0 Å². The monoisotopic (exact) mass is 280 g/mol. The van der Waals surface area contributed by atoms with Gasteiger partial charge in [0.1, 0.15) is 10.7 Å². The third kappa shape index (κ3) is 3.62. The smallest absolute Gasteiger partial charge is 0.205 e. The minimum absolute atomic E-state index is 0.175. The lowest BCUT2D eigenvalue weighted by molar-refractivity contribution is 0.163. The summed E-state index contributed by atoms with van der Waals surface area (Å²) in [7, 11) is -3.76. The minimum atomic E-state index is -3.76. The highest BCUT2D eigenvalue weighted by atomic mass is 32.2. The highest BCUT2D eigenvalue weighted by molar-refractivity contribution is 7.91. The van der Waals surface area contributed by atoms with Crippen molar-refractivity contribution in [2.45, 2.75) is 11.5 Å². The van der Waals surface area contributed by atoms with Gasteiger partial charge < -0.3 is 4.74 Å². The van der Waals surface area contributed by atoms with E-state index in [1.54, 1.807) is 0 Å². The molecule has 2 rings (SSSR count). The van der Waals surface area contributed by atoms with Crippen molar-refractivity contribution in [1.82, 2.24) is 0 Å². The molecule has 0 bridgehead atoms. The molecule has 100 valence electrons. The average Bonchev–Trinajstić information content (AvgIpc) is 2.40. The molecule has 19 heavy (non-hydrogen) atoms. The molecule has 2 aromatic rings. The Morgan fingerprint density at radius 2 is 1.58 bits per heavy atom. The van der Waals surface area contributed by atoms with Gasteiger partial charge in [0.05, 0.1) is 6.61 Å². The van der Waals surface area contributed by atoms with E-state index >= 15 is 0 Å². The normalized spacial score (nSPS) is 11.4. The molecule has 0 aromatic heterocycles. The maximum Gasteiger partial charge on any atom is 0.205 e. The summed E-state index contributed by atoms with van der Waals surface area (Å²) >= 11 is 0. The van der Waals surface area contributed by atoms with E-state index in [4.69, 9.17) is 4.74 Å². The first-order valence-electron chi connectivity index (χ1n) is 5.68. The first-order valence-corrected chi connectivity index (χ1v) is 7.34. The van der Waals surface area contributed by atoms with Crippen LogP contribution in [0.2, 0.25) is 0 Å². The first kappa shape index (κ1) is 13.7. The van der Waals surface area contributed by atoms with E-state index in [2.05, 4.69) is 0 Å². The molecule has 0 aliphatic carbocycles. The van der Waals surface area contributed by atoms with Crippen LogP contribution in [0.4, 0.5) is 4.39 Å².